The Hall–Kier alpha value is -2.51. The summed E-state index contributed by atoms with van der Waals surface area (Å²) in [5.74, 6) is 0. The quantitative estimate of drug-likeness (QED) is 0.572. The molecular weight excluding hydrogens is 322 g/mol. The molecule has 0 unspecified atom stereocenters. The number of halogens is 6. The second kappa shape index (κ2) is 5.00. The lowest BCUT2D eigenvalue weighted by molar-refractivity contribution is -0.138. The zero-order valence-corrected chi connectivity index (χ0v) is 11.3. The molecule has 2 nitrogen and oxygen atoms in total. The van der Waals surface area contributed by atoms with E-state index in [1.165, 1.54) is 28.9 Å². The topological polar surface area (TPSA) is 17.3 Å². The van der Waals surface area contributed by atoms with Crippen molar-refractivity contribution < 1.29 is 26.3 Å². The first kappa shape index (κ1) is 15.4. The maximum atomic E-state index is 12.7. The van der Waals surface area contributed by atoms with Crippen LogP contribution in [0, 0.1) is 0 Å². The van der Waals surface area contributed by atoms with Crippen LogP contribution in [0.4, 0.5) is 26.3 Å². The molecule has 0 saturated heterocycles. The third-order valence-corrected chi connectivity index (χ3v) is 3.34. The summed E-state index contributed by atoms with van der Waals surface area (Å²) in [7, 11) is 0. The largest absolute Gasteiger partial charge is 0.417 e. The first-order chi connectivity index (χ1) is 10.7. The van der Waals surface area contributed by atoms with Crippen molar-refractivity contribution in [1.82, 2.24) is 9.38 Å². The van der Waals surface area contributed by atoms with Crippen molar-refractivity contribution in [2.24, 2.45) is 0 Å². The van der Waals surface area contributed by atoms with Crippen LogP contribution in [-0.4, -0.2) is 9.38 Å². The smallest absolute Gasteiger partial charge is 0.305 e. The van der Waals surface area contributed by atoms with E-state index in [0.29, 0.717) is 16.8 Å². The Labute approximate surface area is 126 Å². The highest BCUT2D eigenvalue weighted by Crippen LogP contribution is 2.33. The summed E-state index contributed by atoms with van der Waals surface area (Å²) >= 11 is 0. The monoisotopic (exact) mass is 330 g/mol. The van der Waals surface area contributed by atoms with Gasteiger partial charge in [-0.05, 0) is 24.3 Å². The summed E-state index contributed by atoms with van der Waals surface area (Å²) in [6.07, 6.45) is -6.85. The van der Waals surface area contributed by atoms with Crippen molar-refractivity contribution in [3.05, 3.63) is 60.0 Å². The number of hydrogen-bond acceptors (Lipinski definition) is 1. The Morgan fingerprint density at radius 3 is 1.87 bits per heavy atom. The average molecular weight is 330 g/mol. The molecule has 2 aromatic heterocycles. The molecule has 0 N–H and O–H groups in total. The second-order valence-electron chi connectivity index (χ2n) is 4.88. The number of aromatic nitrogens is 2. The van der Waals surface area contributed by atoms with Gasteiger partial charge in [0.25, 0.3) is 0 Å². The lowest BCUT2D eigenvalue weighted by Crippen LogP contribution is -2.05. The molecule has 3 aromatic rings. The van der Waals surface area contributed by atoms with E-state index in [9.17, 15) is 26.3 Å². The molecule has 0 radical (unpaired) electrons. The zero-order valence-electron chi connectivity index (χ0n) is 11.3. The summed E-state index contributed by atoms with van der Waals surface area (Å²) in [6, 6.07) is 6.44. The molecule has 0 aliphatic heterocycles. The minimum absolute atomic E-state index is 0.312. The van der Waals surface area contributed by atoms with Crippen LogP contribution in [0.3, 0.4) is 0 Å². The molecule has 23 heavy (non-hydrogen) atoms. The van der Waals surface area contributed by atoms with Gasteiger partial charge >= 0.3 is 12.4 Å². The van der Waals surface area contributed by atoms with Gasteiger partial charge in [0.05, 0.1) is 28.7 Å². The fourth-order valence-corrected chi connectivity index (χ4v) is 2.21. The van der Waals surface area contributed by atoms with Gasteiger partial charge in [0.15, 0.2) is 0 Å². The lowest BCUT2D eigenvalue weighted by Gasteiger charge is -2.08. The number of imidazole rings is 1. The number of rotatable bonds is 1. The summed E-state index contributed by atoms with van der Waals surface area (Å²) in [5, 5.41) is 0. The van der Waals surface area contributed by atoms with E-state index in [-0.39, 0.29) is 0 Å². The van der Waals surface area contributed by atoms with Crippen molar-refractivity contribution >= 4 is 5.52 Å². The molecule has 0 fully saturated rings. The van der Waals surface area contributed by atoms with E-state index in [1.54, 1.807) is 0 Å². The highest BCUT2D eigenvalue weighted by molar-refractivity contribution is 5.77. The zero-order chi connectivity index (χ0) is 16.8. The van der Waals surface area contributed by atoms with Gasteiger partial charge in [-0.1, -0.05) is 12.1 Å². The minimum atomic E-state index is -4.48. The molecule has 0 saturated carbocycles. The summed E-state index contributed by atoms with van der Waals surface area (Å²) in [4.78, 5) is 3.99. The highest BCUT2D eigenvalue weighted by atomic mass is 19.4. The van der Waals surface area contributed by atoms with Gasteiger partial charge in [0.2, 0.25) is 0 Å². The third-order valence-electron chi connectivity index (χ3n) is 3.34. The van der Waals surface area contributed by atoms with Crippen LogP contribution in [0.25, 0.3) is 16.8 Å². The first-order valence-corrected chi connectivity index (χ1v) is 6.38. The molecule has 0 aliphatic carbocycles. The fourth-order valence-electron chi connectivity index (χ4n) is 2.21. The van der Waals surface area contributed by atoms with E-state index in [4.69, 9.17) is 0 Å². The Balaban J connectivity index is 2.04. The SMILES string of the molecule is FC(F)(F)c1ccc(-c2ncn3cc(C(F)(F)F)ccc23)cc1. The van der Waals surface area contributed by atoms with Gasteiger partial charge in [-0.25, -0.2) is 4.98 Å². The van der Waals surface area contributed by atoms with E-state index in [1.807, 2.05) is 0 Å². The number of hydrogen-bond donors (Lipinski definition) is 0. The Morgan fingerprint density at radius 2 is 1.30 bits per heavy atom. The van der Waals surface area contributed by atoms with Crippen LogP contribution in [0.5, 0.6) is 0 Å². The Bertz CT molecular complexity index is 843. The molecule has 3 rings (SSSR count). The molecule has 8 heteroatoms. The number of benzene rings is 1. The van der Waals surface area contributed by atoms with Gasteiger partial charge in [0.1, 0.15) is 0 Å². The Morgan fingerprint density at radius 1 is 0.739 bits per heavy atom. The van der Waals surface area contributed by atoms with Crippen molar-refractivity contribution in [2.45, 2.75) is 12.4 Å². The maximum absolute atomic E-state index is 12.7. The number of fused-ring (bicyclic) bond motifs is 1. The molecule has 0 aliphatic rings. The molecule has 0 bridgehead atoms. The van der Waals surface area contributed by atoms with Crippen molar-refractivity contribution in [1.29, 1.82) is 0 Å². The van der Waals surface area contributed by atoms with Crippen LogP contribution in [0.15, 0.2) is 48.9 Å². The van der Waals surface area contributed by atoms with E-state index in [0.717, 1.165) is 24.4 Å². The minimum Gasteiger partial charge on any atom is -0.305 e. The molecule has 120 valence electrons. The van der Waals surface area contributed by atoms with Crippen molar-refractivity contribution in [3.63, 3.8) is 0 Å². The fraction of sp³-hybridized carbons (Fsp3) is 0.133. The van der Waals surface area contributed by atoms with Crippen LogP contribution < -0.4 is 0 Å². The van der Waals surface area contributed by atoms with Gasteiger partial charge in [0, 0.05) is 11.8 Å². The summed E-state index contributed by atoms with van der Waals surface area (Å²) in [6.45, 7) is 0. The number of nitrogens with zero attached hydrogens (tertiary/aromatic N) is 2. The average Bonchev–Trinajstić information content (AvgIpc) is 2.88. The van der Waals surface area contributed by atoms with E-state index >= 15 is 0 Å². The normalized spacial score (nSPS) is 12.8. The predicted octanol–water partition coefficient (Wildman–Crippen LogP) is 5.04. The van der Waals surface area contributed by atoms with Gasteiger partial charge < -0.3 is 4.40 Å². The van der Waals surface area contributed by atoms with Crippen LogP contribution >= 0.6 is 0 Å². The molecular formula is C15H8F6N2. The van der Waals surface area contributed by atoms with Crippen LogP contribution in [0.2, 0.25) is 0 Å². The van der Waals surface area contributed by atoms with Gasteiger partial charge in [-0.15, -0.1) is 0 Å². The lowest BCUT2D eigenvalue weighted by atomic mass is 10.1. The van der Waals surface area contributed by atoms with Gasteiger partial charge in [-0.3, -0.25) is 0 Å². The molecule has 0 amide bonds. The maximum Gasteiger partial charge on any atom is 0.417 e. The number of pyridine rings is 1. The van der Waals surface area contributed by atoms with Crippen LogP contribution in [-0.2, 0) is 12.4 Å². The first-order valence-electron chi connectivity index (χ1n) is 6.38. The molecule has 0 atom stereocenters. The summed E-state index contributed by atoms with van der Waals surface area (Å²) in [5.41, 5.74) is -0.559. The predicted molar refractivity (Wildman–Crippen MR) is 70.6 cm³/mol. The standard InChI is InChI=1S/C15H8F6N2/c16-14(17,18)10-3-1-9(2-4-10)13-12-6-5-11(15(19,20)21)7-23(12)8-22-13/h1-8H. The van der Waals surface area contributed by atoms with E-state index < -0.39 is 23.5 Å². The molecule has 2 heterocycles. The van der Waals surface area contributed by atoms with Crippen molar-refractivity contribution in [3.8, 4) is 11.3 Å². The second-order valence-corrected chi connectivity index (χ2v) is 4.88. The molecule has 0 spiro atoms. The molecule has 1 aromatic carbocycles. The third kappa shape index (κ3) is 2.88. The summed E-state index contributed by atoms with van der Waals surface area (Å²) < 4.78 is 76.8. The highest BCUT2D eigenvalue weighted by Gasteiger charge is 2.31. The van der Waals surface area contributed by atoms with E-state index in [2.05, 4.69) is 4.98 Å². The van der Waals surface area contributed by atoms with Gasteiger partial charge in [-0.2, -0.15) is 26.3 Å². The van der Waals surface area contributed by atoms with Crippen LogP contribution in [0.1, 0.15) is 11.1 Å². The number of alkyl halides is 6. The van der Waals surface area contributed by atoms with Crippen molar-refractivity contribution in [2.75, 3.05) is 0 Å². The Kier molecular flexibility index (Phi) is 3.35.